The van der Waals surface area contributed by atoms with Crippen LogP contribution < -0.4 is 4.90 Å². The average molecular weight is 312 g/mol. The fraction of sp³-hybridized carbons (Fsp3) is 0.733. The summed E-state index contributed by atoms with van der Waals surface area (Å²) in [4.78, 5) is 3.85. The molecule has 0 amide bonds. The number of rotatable bonds is 3. The van der Waals surface area contributed by atoms with E-state index in [4.69, 9.17) is 5.11 Å². The summed E-state index contributed by atoms with van der Waals surface area (Å²) in [6.45, 7) is 3.86. The van der Waals surface area contributed by atoms with Crippen molar-refractivity contribution in [2.24, 2.45) is 5.41 Å². The van der Waals surface area contributed by atoms with Gasteiger partial charge in [0.2, 0.25) is 0 Å². The zero-order chi connectivity index (χ0) is 15.8. The Bertz CT molecular complexity index is 525. The largest absolute Gasteiger partial charge is 0.395 e. The fourth-order valence-corrected chi connectivity index (χ4v) is 3.57. The van der Waals surface area contributed by atoms with Crippen molar-refractivity contribution >= 4 is 5.82 Å². The molecule has 0 radical (unpaired) electrons. The van der Waals surface area contributed by atoms with Gasteiger partial charge in [0.1, 0.15) is 0 Å². The van der Waals surface area contributed by atoms with E-state index in [0.717, 1.165) is 5.69 Å². The Kier molecular flexibility index (Phi) is 4.03. The summed E-state index contributed by atoms with van der Waals surface area (Å²) < 4.78 is 29.2. The molecule has 3 heterocycles. The first-order valence-corrected chi connectivity index (χ1v) is 7.72. The zero-order valence-electron chi connectivity index (χ0n) is 12.8. The highest BCUT2D eigenvalue weighted by molar-refractivity contribution is 5.40. The lowest BCUT2D eigenvalue weighted by Gasteiger charge is -2.45. The molecule has 0 aliphatic carbocycles. The van der Waals surface area contributed by atoms with E-state index in [1.807, 2.05) is 28.9 Å². The Morgan fingerprint density at radius 3 is 2.68 bits per heavy atom. The van der Waals surface area contributed by atoms with Crippen LogP contribution in [0, 0.1) is 12.3 Å². The summed E-state index contributed by atoms with van der Waals surface area (Å²) >= 11 is 0. The molecular formula is C15H22F2N4O. The van der Waals surface area contributed by atoms with Crippen LogP contribution in [0.4, 0.5) is 14.6 Å². The second-order valence-electron chi connectivity index (χ2n) is 6.44. The van der Waals surface area contributed by atoms with E-state index in [9.17, 15) is 8.78 Å². The number of hydrogen-bond donors (Lipinski definition) is 1. The number of aromatic nitrogens is 2. The number of β-amino-alcohol motifs (C(OH)–C–C–N with tert-alkyl or cyclic N) is 1. The molecule has 0 unspecified atom stereocenters. The Morgan fingerprint density at radius 1 is 1.18 bits per heavy atom. The molecule has 2 aliphatic heterocycles. The smallest absolute Gasteiger partial charge is 0.257 e. The van der Waals surface area contributed by atoms with Gasteiger partial charge in [0.25, 0.3) is 5.92 Å². The quantitative estimate of drug-likeness (QED) is 0.912. The molecule has 0 aromatic carbocycles. The lowest BCUT2D eigenvalue weighted by molar-refractivity contribution is -0.158. The number of likely N-dealkylation sites (tertiary alicyclic amines) is 1. The van der Waals surface area contributed by atoms with Crippen molar-refractivity contribution in [2.45, 2.75) is 25.7 Å². The van der Waals surface area contributed by atoms with Gasteiger partial charge in [-0.2, -0.15) is 5.10 Å². The maximum absolute atomic E-state index is 14.6. The first-order chi connectivity index (χ1) is 10.5. The predicted molar refractivity (Wildman–Crippen MR) is 79.1 cm³/mol. The van der Waals surface area contributed by atoms with E-state index in [0.29, 0.717) is 45.0 Å². The van der Waals surface area contributed by atoms with Crippen molar-refractivity contribution in [3.8, 4) is 0 Å². The van der Waals surface area contributed by atoms with E-state index >= 15 is 0 Å². The second-order valence-corrected chi connectivity index (χ2v) is 6.44. The Balaban J connectivity index is 1.79. The van der Waals surface area contributed by atoms with Crippen LogP contribution in [0.5, 0.6) is 0 Å². The number of anilines is 1. The van der Waals surface area contributed by atoms with Crippen molar-refractivity contribution in [2.75, 3.05) is 44.2 Å². The first kappa shape index (κ1) is 15.6. The van der Waals surface area contributed by atoms with Crippen molar-refractivity contribution < 1.29 is 13.9 Å². The molecule has 1 atom stereocenters. The van der Waals surface area contributed by atoms with Gasteiger partial charge in [0.05, 0.1) is 17.7 Å². The van der Waals surface area contributed by atoms with Gasteiger partial charge in [-0.3, -0.25) is 4.90 Å². The topological polar surface area (TPSA) is 52.5 Å². The van der Waals surface area contributed by atoms with Crippen LogP contribution >= 0.6 is 0 Å². The minimum absolute atomic E-state index is 0.00873. The number of aliphatic hydroxyl groups is 1. The molecule has 2 fully saturated rings. The molecule has 22 heavy (non-hydrogen) atoms. The monoisotopic (exact) mass is 312 g/mol. The third-order valence-corrected chi connectivity index (χ3v) is 4.92. The SMILES string of the molecule is Cc1ccc(N2CC[C@@]3(CN(CCO)CCC3(F)F)C2)nn1. The number of aryl methyl sites for hydroxylation is 1. The normalized spacial score (nSPS) is 28.5. The molecule has 2 saturated heterocycles. The number of aliphatic hydroxyl groups excluding tert-OH is 1. The average Bonchev–Trinajstić information content (AvgIpc) is 2.90. The lowest BCUT2D eigenvalue weighted by atomic mass is 9.75. The molecule has 122 valence electrons. The van der Waals surface area contributed by atoms with Crippen LogP contribution in [-0.2, 0) is 0 Å². The van der Waals surface area contributed by atoms with Gasteiger partial charge in [-0.15, -0.1) is 5.10 Å². The molecule has 0 bridgehead atoms. The minimum Gasteiger partial charge on any atom is -0.395 e. The summed E-state index contributed by atoms with van der Waals surface area (Å²) in [6, 6.07) is 3.69. The van der Waals surface area contributed by atoms with Crippen molar-refractivity contribution in [3.63, 3.8) is 0 Å². The first-order valence-electron chi connectivity index (χ1n) is 7.72. The molecule has 1 aromatic heterocycles. The van der Waals surface area contributed by atoms with E-state index < -0.39 is 11.3 Å². The minimum atomic E-state index is -2.67. The second kappa shape index (κ2) is 5.70. The zero-order valence-corrected chi connectivity index (χ0v) is 12.8. The van der Waals surface area contributed by atoms with Gasteiger partial charge < -0.3 is 10.0 Å². The molecule has 2 aliphatic rings. The highest BCUT2D eigenvalue weighted by Crippen LogP contribution is 2.49. The Morgan fingerprint density at radius 2 is 2.00 bits per heavy atom. The van der Waals surface area contributed by atoms with Gasteiger partial charge in [-0.1, -0.05) is 0 Å². The maximum Gasteiger partial charge on any atom is 0.257 e. The van der Waals surface area contributed by atoms with Crippen LogP contribution in [0.3, 0.4) is 0 Å². The van der Waals surface area contributed by atoms with Gasteiger partial charge in [0, 0.05) is 39.1 Å². The van der Waals surface area contributed by atoms with Crippen molar-refractivity contribution in [1.82, 2.24) is 15.1 Å². The fourth-order valence-electron chi connectivity index (χ4n) is 3.57. The third kappa shape index (κ3) is 2.67. The molecular weight excluding hydrogens is 290 g/mol. The van der Waals surface area contributed by atoms with E-state index in [2.05, 4.69) is 10.2 Å². The number of hydrogen-bond acceptors (Lipinski definition) is 5. The van der Waals surface area contributed by atoms with Crippen LogP contribution in [0.1, 0.15) is 18.5 Å². The van der Waals surface area contributed by atoms with E-state index in [1.165, 1.54) is 0 Å². The molecule has 5 nitrogen and oxygen atoms in total. The van der Waals surface area contributed by atoms with Crippen LogP contribution in [0.2, 0.25) is 0 Å². The molecule has 7 heteroatoms. The molecule has 0 saturated carbocycles. The number of halogens is 2. The summed E-state index contributed by atoms with van der Waals surface area (Å²) in [5, 5.41) is 17.2. The van der Waals surface area contributed by atoms with Crippen LogP contribution in [0.15, 0.2) is 12.1 Å². The summed E-state index contributed by atoms with van der Waals surface area (Å²) in [7, 11) is 0. The highest BCUT2D eigenvalue weighted by atomic mass is 19.3. The van der Waals surface area contributed by atoms with E-state index in [1.54, 1.807) is 0 Å². The van der Waals surface area contributed by atoms with Gasteiger partial charge in [-0.25, -0.2) is 8.78 Å². The lowest BCUT2D eigenvalue weighted by Crippen LogP contribution is -2.57. The van der Waals surface area contributed by atoms with E-state index in [-0.39, 0.29) is 13.0 Å². The summed E-state index contributed by atoms with van der Waals surface area (Å²) in [5.41, 5.74) is -0.234. The number of nitrogens with zero attached hydrogens (tertiary/aromatic N) is 4. The standard InChI is InChI=1S/C15H22F2N4O/c1-12-2-3-13(19-18-12)21-7-4-14(11-21)10-20(8-9-22)6-5-15(14,16)17/h2-3,22H,4-11H2,1H3/t14-/m1/s1. The third-order valence-electron chi connectivity index (χ3n) is 4.92. The molecule has 1 aromatic rings. The highest BCUT2D eigenvalue weighted by Gasteiger charge is 2.59. The Labute approximate surface area is 128 Å². The molecule has 1 spiro atoms. The number of alkyl halides is 2. The van der Waals surface area contributed by atoms with Gasteiger partial charge in [-0.05, 0) is 25.5 Å². The maximum atomic E-state index is 14.6. The number of piperidine rings is 1. The van der Waals surface area contributed by atoms with Crippen LogP contribution in [-0.4, -0.2) is 65.5 Å². The van der Waals surface area contributed by atoms with Crippen molar-refractivity contribution in [1.29, 1.82) is 0 Å². The molecule has 3 rings (SSSR count). The molecule has 1 N–H and O–H groups in total. The van der Waals surface area contributed by atoms with Crippen LogP contribution in [0.25, 0.3) is 0 Å². The summed E-state index contributed by atoms with van der Waals surface area (Å²) in [6.07, 6.45) is 0.303. The van der Waals surface area contributed by atoms with Crippen molar-refractivity contribution in [3.05, 3.63) is 17.8 Å². The van der Waals surface area contributed by atoms with Gasteiger partial charge in [0.15, 0.2) is 5.82 Å². The predicted octanol–water partition coefficient (Wildman–Crippen LogP) is 1.31. The Hall–Kier alpha value is -1.34. The van der Waals surface area contributed by atoms with Gasteiger partial charge >= 0.3 is 0 Å². The summed E-state index contributed by atoms with van der Waals surface area (Å²) in [5.74, 6) is -2.01.